The lowest BCUT2D eigenvalue weighted by Crippen LogP contribution is -2.14. The van der Waals surface area contributed by atoms with Gasteiger partial charge in [-0.2, -0.15) is 8.42 Å². The van der Waals surface area contributed by atoms with Gasteiger partial charge in [-0.25, -0.2) is 0 Å². The molecule has 0 aromatic heterocycles. The summed E-state index contributed by atoms with van der Waals surface area (Å²) in [4.78, 5) is -0.415. The summed E-state index contributed by atoms with van der Waals surface area (Å²) in [5.74, 6) is -0.397. The zero-order valence-corrected chi connectivity index (χ0v) is 22.5. The van der Waals surface area contributed by atoms with Crippen molar-refractivity contribution in [3.8, 4) is 11.5 Å². The van der Waals surface area contributed by atoms with Crippen LogP contribution in [0.5, 0.6) is 11.5 Å². The molecule has 0 heterocycles. The summed E-state index contributed by atoms with van der Waals surface area (Å²) < 4.78 is 46.5. The van der Waals surface area contributed by atoms with Gasteiger partial charge < -0.3 is 9.47 Å². The Bertz CT molecular complexity index is 1270. The highest BCUT2D eigenvalue weighted by molar-refractivity contribution is 7.85. The Morgan fingerprint density at radius 2 is 1.21 bits per heavy atom. The van der Waals surface area contributed by atoms with Gasteiger partial charge in [0.2, 0.25) is 0 Å². The highest BCUT2D eigenvalue weighted by Crippen LogP contribution is 2.49. The average molecular weight is 585 g/mol. The maximum Gasteiger partial charge on any atom is 0.294 e. The van der Waals surface area contributed by atoms with Gasteiger partial charge in [-0.15, -0.1) is 0 Å². The lowest BCUT2D eigenvalue weighted by atomic mass is 9.84. The summed E-state index contributed by atoms with van der Waals surface area (Å²) in [6.07, 6.45) is 0. The number of hydrogen-bond donors (Lipinski definition) is 1. The van der Waals surface area contributed by atoms with E-state index >= 15 is 0 Å². The summed E-state index contributed by atoms with van der Waals surface area (Å²) in [5.41, 5.74) is 0.974. The number of rotatable bonds is 8. The average Bonchev–Trinajstić information content (AvgIpc) is 2.73. The van der Waals surface area contributed by atoms with Crippen molar-refractivity contribution in [3.63, 3.8) is 0 Å². The van der Waals surface area contributed by atoms with Gasteiger partial charge in [0, 0.05) is 32.1 Å². The molecule has 182 valence electrons. The normalized spacial score (nSPS) is 11.7. The fourth-order valence-corrected chi connectivity index (χ4v) is 5.78. The summed E-state index contributed by atoms with van der Waals surface area (Å²) in [7, 11) is -4.71. The molecule has 0 saturated carbocycles. The Morgan fingerprint density at radius 1 is 0.735 bits per heavy atom. The van der Waals surface area contributed by atoms with E-state index in [0.717, 1.165) is 6.07 Å². The molecule has 0 atom stereocenters. The second-order valence-corrected chi connectivity index (χ2v) is 10.6. The van der Waals surface area contributed by atoms with Crippen LogP contribution in [0.4, 0.5) is 0 Å². The molecule has 3 rings (SSSR count). The number of ether oxygens (including phenoxy) is 2. The molecule has 0 spiro atoms. The van der Waals surface area contributed by atoms with Gasteiger partial charge in [0.25, 0.3) is 10.1 Å². The second kappa shape index (κ2) is 11.1. The van der Waals surface area contributed by atoms with E-state index in [4.69, 9.17) is 67.5 Å². The molecule has 0 aliphatic heterocycles. The maximum absolute atomic E-state index is 12.4. The molecule has 0 aliphatic carbocycles. The van der Waals surface area contributed by atoms with Crippen molar-refractivity contribution >= 4 is 68.1 Å². The largest absolute Gasteiger partial charge is 0.492 e. The first-order valence-electron chi connectivity index (χ1n) is 9.98. The van der Waals surface area contributed by atoms with Crippen LogP contribution in [0.1, 0.15) is 36.5 Å². The quantitative estimate of drug-likeness (QED) is 0.214. The van der Waals surface area contributed by atoms with Crippen molar-refractivity contribution in [2.45, 2.75) is 24.7 Å². The third-order valence-electron chi connectivity index (χ3n) is 4.84. The summed E-state index contributed by atoms with van der Waals surface area (Å²) in [5, 5.41) is 1.09. The summed E-state index contributed by atoms with van der Waals surface area (Å²) in [6, 6.07) is 10.3. The highest BCUT2D eigenvalue weighted by atomic mass is 35.5. The monoisotopic (exact) mass is 582 g/mol. The van der Waals surface area contributed by atoms with E-state index in [9.17, 15) is 13.0 Å². The van der Waals surface area contributed by atoms with Gasteiger partial charge >= 0.3 is 0 Å². The SMILES string of the molecule is CCOc1c(Cl)cc(Cl)cc1C(c1ccc(Cl)cc1S(=O)(=O)O)c1cc(Cl)cc(Cl)c1OCC. The van der Waals surface area contributed by atoms with Crippen molar-refractivity contribution in [3.05, 3.63) is 84.3 Å². The Morgan fingerprint density at radius 3 is 1.62 bits per heavy atom. The van der Waals surface area contributed by atoms with Crippen LogP contribution in [0.2, 0.25) is 25.1 Å². The van der Waals surface area contributed by atoms with Gasteiger partial charge in [-0.3, -0.25) is 4.55 Å². The third kappa shape index (κ3) is 5.88. The van der Waals surface area contributed by atoms with Crippen LogP contribution in [-0.2, 0) is 10.1 Å². The van der Waals surface area contributed by atoms with E-state index in [1.54, 1.807) is 26.0 Å². The predicted octanol–water partition coefficient (Wildman–Crippen LogP) is 8.18. The Balaban J connectivity index is 2.53. The van der Waals surface area contributed by atoms with Crippen LogP contribution in [0.3, 0.4) is 0 Å². The first kappa shape index (κ1) is 27.2. The first-order valence-corrected chi connectivity index (χ1v) is 13.3. The molecule has 0 saturated heterocycles. The predicted molar refractivity (Wildman–Crippen MR) is 137 cm³/mol. The minimum Gasteiger partial charge on any atom is -0.492 e. The maximum atomic E-state index is 12.4. The van der Waals surface area contributed by atoms with E-state index in [1.807, 2.05) is 0 Å². The molecule has 0 unspecified atom stereocenters. The summed E-state index contributed by atoms with van der Waals surface area (Å²) in [6.45, 7) is 4.08. The molecule has 3 aromatic carbocycles. The third-order valence-corrected chi connectivity index (χ3v) is 6.98. The summed E-state index contributed by atoms with van der Waals surface area (Å²) >= 11 is 31.7. The van der Waals surface area contributed by atoms with Crippen LogP contribution >= 0.6 is 58.0 Å². The lowest BCUT2D eigenvalue weighted by molar-refractivity contribution is 0.331. The Hall–Kier alpha value is -1.38. The number of hydrogen-bond acceptors (Lipinski definition) is 4. The van der Waals surface area contributed by atoms with Crippen LogP contribution in [0.15, 0.2) is 47.4 Å². The van der Waals surface area contributed by atoms with Crippen molar-refractivity contribution in [1.29, 1.82) is 0 Å². The molecule has 0 fully saturated rings. The second-order valence-electron chi connectivity index (χ2n) is 7.07. The van der Waals surface area contributed by atoms with Crippen LogP contribution in [0.25, 0.3) is 0 Å². The molecule has 11 heteroatoms. The zero-order valence-electron chi connectivity index (χ0n) is 17.9. The van der Waals surface area contributed by atoms with Gasteiger partial charge in [0.05, 0.1) is 28.2 Å². The highest BCUT2D eigenvalue weighted by Gasteiger charge is 2.32. The number of halogens is 5. The minimum absolute atomic E-state index is 0.110. The Labute approximate surface area is 223 Å². The van der Waals surface area contributed by atoms with E-state index in [1.165, 1.54) is 24.3 Å². The van der Waals surface area contributed by atoms with Crippen LogP contribution in [0, 0.1) is 0 Å². The first-order chi connectivity index (χ1) is 16.0. The van der Waals surface area contributed by atoms with E-state index in [-0.39, 0.29) is 55.4 Å². The smallest absolute Gasteiger partial charge is 0.294 e. The van der Waals surface area contributed by atoms with Gasteiger partial charge in [-0.05, 0) is 55.8 Å². The lowest BCUT2D eigenvalue weighted by Gasteiger charge is -2.26. The zero-order chi connectivity index (χ0) is 25.2. The molecule has 0 radical (unpaired) electrons. The molecule has 0 amide bonds. The fourth-order valence-electron chi connectivity index (χ4n) is 3.66. The molecular formula is C23H19Cl5O5S. The molecule has 0 bridgehead atoms. The van der Waals surface area contributed by atoms with Crippen LogP contribution < -0.4 is 9.47 Å². The fraction of sp³-hybridized carbons (Fsp3) is 0.217. The van der Waals surface area contributed by atoms with E-state index in [2.05, 4.69) is 0 Å². The van der Waals surface area contributed by atoms with Crippen molar-refractivity contribution in [1.82, 2.24) is 0 Å². The molecule has 1 N–H and O–H groups in total. The standard InChI is InChI=1S/C23H19Cl5O5S/c1-3-32-22-16(7-13(25)9-18(22)27)21(15-6-5-12(24)11-20(15)34(29,30)31)17-8-14(26)10-19(28)23(17)33-4-2/h5-11,21H,3-4H2,1-2H3,(H,29,30,31). The van der Waals surface area contributed by atoms with Crippen molar-refractivity contribution < 1.29 is 22.4 Å². The molecule has 3 aromatic rings. The van der Waals surface area contributed by atoms with E-state index < -0.39 is 20.9 Å². The molecule has 34 heavy (non-hydrogen) atoms. The van der Waals surface area contributed by atoms with E-state index in [0.29, 0.717) is 11.1 Å². The van der Waals surface area contributed by atoms with Crippen LogP contribution in [-0.4, -0.2) is 26.2 Å². The van der Waals surface area contributed by atoms with Crippen molar-refractivity contribution in [2.24, 2.45) is 0 Å². The topological polar surface area (TPSA) is 72.8 Å². The minimum atomic E-state index is -4.71. The number of benzene rings is 3. The van der Waals surface area contributed by atoms with Gasteiger partial charge in [-0.1, -0.05) is 64.1 Å². The van der Waals surface area contributed by atoms with Crippen molar-refractivity contribution in [2.75, 3.05) is 13.2 Å². The van der Waals surface area contributed by atoms with Gasteiger partial charge in [0.15, 0.2) is 0 Å². The van der Waals surface area contributed by atoms with Gasteiger partial charge in [0.1, 0.15) is 11.5 Å². The Kier molecular flexibility index (Phi) is 8.90. The molecule has 5 nitrogen and oxygen atoms in total. The molecular weight excluding hydrogens is 566 g/mol. The molecule has 0 aliphatic rings.